The minimum atomic E-state index is -0.0482. The van der Waals surface area contributed by atoms with Crippen molar-refractivity contribution < 1.29 is 9.53 Å². The van der Waals surface area contributed by atoms with Crippen LogP contribution in [0.5, 0.6) is 5.75 Å². The molecule has 7 heteroatoms. The minimum Gasteiger partial charge on any atom is -0.487 e. The molecule has 0 radical (unpaired) electrons. The molecule has 1 aliphatic heterocycles. The van der Waals surface area contributed by atoms with Gasteiger partial charge in [0.1, 0.15) is 12.4 Å². The van der Waals surface area contributed by atoms with Crippen LogP contribution in [0, 0.1) is 5.92 Å². The van der Waals surface area contributed by atoms with Crippen molar-refractivity contribution >= 4 is 28.6 Å². The van der Waals surface area contributed by atoms with Crippen molar-refractivity contribution in [3.05, 3.63) is 68.8 Å². The summed E-state index contributed by atoms with van der Waals surface area (Å²) in [4.78, 5) is 20.8. The molecule has 1 N–H and O–H groups in total. The molecule has 4 rings (SSSR count). The van der Waals surface area contributed by atoms with Crippen LogP contribution in [0.2, 0.25) is 0 Å². The lowest BCUT2D eigenvalue weighted by Crippen LogP contribution is -2.41. The number of carbonyl (C=O) groups is 1. The fourth-order valence-corrected chi connectivity index (χ4v) is 5.09. The maximum Gasteiger partial charge on any atom is 0.251 e. The van der Waals surface area contributed by atoms with Crippen LogP contribution in [-0.4, -0.2) is 35.4 Å². The fourth-order valence-electron chi connectivity index (χ4n) is 3.69. The van der Waals surface area contributed by atoms with Gasteiger partial charge in [-0.1, -0.05) is 13.0 Å². The van der Waals surface area contributed by atoms with E-state index >= 15 is 0 Å². The SMILES string of the molecule is CC1CCN(C(CNC(=O)c2ccc(OCc3cscn3)cc2)c2cccs2)CC1. The molecule has 1 amide bonds. The first-order chi connectivity index (χ1) is 14.7. The van der Waals surface area contributed by atoms with Gasteiger partial charge in [-0.15, -0.1) is 22.7 Å². The van der Waals surface area contributed by atoms with Gasteiger partial charge in [-0.05, 0) is 67.6 Å². The number of likely N-dealkylation sites (tertiary alicyclic amines) is 1. The van der Waals surface area contributed by atoms with Crippen molar-refractivity contribution in [2.24, 2.45) is 5.92 Å². The number of carbonyl (C=O) groups excluding carboxylic acids is 1. The predicted molar refractivity (Wildman–Crippen MR) is 122 cm³/mol. The Kier molecular flexibility index (Phi) is 7.15. The van der Waals surface area contributed by atoms with E-state index in [9.17, 15) is 4.79 Å². The highest BCUT2D eigenvalue weighted by Crippen LogP contribution is 2.29. The molecule has 5 nitrogen and oxygen atoms in total. The second-order valence-electron chi connectivity index (χ2n) is 7.75. The van der Waals surface area contributed by atoms with E-state index < -0.39 is 0 Å². The molecule has 1 fully saturated rings. The van der Waals surface area contributed by atoms with Gasteiger partial charge in [-0.2, -0.15) is 0 Å². The van der Waals surface area contributed by atoms with E-state index in [4.69, 9.17) is 4.74 Å². The van der Waals surface area contributed by atoms with Crippen molar-refractivity contribution in [3.63, 3.8) is 0 Å². The number of amides is 1. The molecule has 3 heterocycles. The lowest BCUT2D eigenvalue weighted by atomic mass is 9.97. The highest BCUT2D eigenvalue weighted by Gasteiger charge is 2.25. The minimum absolute atomic E-state index is 0.0482. The van der Waals surface area contributed by atoms with Gasteiger partial charge in [-0.3, -0.25) is 9.69 Å². The van der Waals surface area contributed by atoms with Crippen LogP contribution >= 0.6 is 22.7 Å². The number of thiazole rings is 1. The molecule has 1 saturated heterocycles. The third kappa shape index (κ3) is 5.47. The summed E-state index contributed by atoms with van der Waals surface area (Å²) >= 11 is 3.32. The molecule has 0 bridgehead atoms. The number of nitrogens with one attached hydrogen (secondary N) is 1. The molecule has 1 aromatic carbocycles. The first kappa shape index (κ1) is 21.0. The Morgan fingerprint density at radius 2 is 2.07 bits per heavy atom. The zero-order chi connectivity index (χ0) is 20.8. The second kappa shape index (κ2) is 10.2. The number of piperidine rings is 1. The highest BCUT2D eigenvalue weighted by molar-refractivity contribution is 7.10. The molecule has 2 aromatic heterocycles. The number of aromatic nitrogens is 1. The number of benzene rings is 1. The van der Waals surface area contributed by atoms with Gasteiger partial charge < -0.3 is 10.1 Å². The molecule has 1 atom stereocenters. The highest BCUT2D eigenvalue weighted by atomic mass is 32.1. The van der Waals surface area contributed by atoms with Gasteiger partial charge >= 0.3 is 0 Å². The molecule has 1 aliphatic rings. The van der Waals surface area contributed by atoms with E-state index in [1.54, 1.807) is 28.2 Å². The molecule has 30 heavy (non-hydrogen) atoms. The molecule has 1 unspecified atom stereocenters. The van der Waals surface area contributed by atoms with Crippen LogP contribution in [0.1, 0.15) is 46.7 Å². The summed E-state index contributed by atoms with van der Waals surface area (Å²) in [7, 11) is 0. The van der Waals surface area contributed by atoms with Crippen LogP contribution in [0.3, 0.4) is 0 Å². The fraction of sp³-hybridized carbons (Fsp3) is 0.391. The number of thiophene rings is 1. The van der Waals surface area contributed by atoms with Gasteiger partial charge in [0.15, 0.2) is 0 Å². The van der Waals surface area contributed by atoms with Crippen molar-refractivity contribution in [2.45, 2.75) is 32.4 Å². The van der Waals surface area contributed by atoms with E-state index in [2.05, 4.69) is 39.6 Å². The van der Waals surface area contributed by atoms with Gasteiger partial charge in [0, 0.05) is 22.4 Å². The van der Waals surface area contributed by atoms with Crippen LogP contribution in [0.25, 0.3) is 0 Å². The Labute approximate surface area is 185 Å². The lowest BCUT2D eigenvalue weighted by Gasteiger charge is -2.36. The number of hydrogen-bond acceptors (Lipinski definition) is 6. The van der Waals surface area contributed by atoms with Crippen LogP contribution in [0.15, 0.2) is 52.7 Å². The number of ether oxygens (including phenoxy) is 1. The van der Waals surface area contributed by atoms with E-state index in [0.717, 1.165) is 30.5 Å². The predicted octanol–water partition coefficient (Wildman–Crippen LogP) is 4.99. The molecule has 158 valence electrons. The average molecular weight is 442 g/mol. The van der Waals surface area contributed by atoms with Gasteiger partial charge in [0.05, 0.1) is 17.2 Å². The molecule has 3 aromatic rings. The Morgan fingerprint density at radius 1 is 1.27 bits per heavy atom. The molecule has 0 saturated carbocycles. The molecule has 0 spiro atoms. The van der Waals surface area contributed by atoms with Crippen LogP contribution in [0.4, 0.5) is 0 Å². The molecule has 0 aliphatic carbocycles. The zero-order valence-electron chi connectivity index (χ0n) is 17.1. The number of nitrogens with zero attached hydrogens (tertiary/aromatic N) is 2. The quantitative estimate of drug-likeness (QED) is 0.535. The van der Waals surface area contributed by atoms with E-state index in [1.165, 1.54) is 17.7 Å². The van der Waals surface area contributed by atoms with E-state index in [1.807, 2.05) is 29.6 Å². The summed E-state index contributed by atoms with van der Waals surface area (Å²) in [6.07, 6.45) is 2.44. The Hall–Kier alpha value is -2.22. The normalized spacial score (nSPS) is 16.3. The van der Waals surface area contributed by atoms with Gasteiger partial charge in [0.2, 0.25) is 0 Å². The summed E-state index contributed by atoms with van der Waals surface area (Å²) in [6.45, 7) is 5.56. The largest absolute Gasteiger partial charge is 0.487 e. The van der Waals surface area contributed by atoms with Crippen LogP contribution in [-0.2, 0) is 6.61 Å². The summed E-state index contributed by atoms with van der Waals surface area (Å²) in [5, 5.41) is 7.23. The van der Waals surface area contributed by atoms with E-state index in [-0.39, 0.29) is 11.9 Å². The second-order valence-corrected chi connectivity index (χ2v) is 9.45. The maximum atomic E-state index is 12.7. The Morgan fingerprint density at radius 3 is 2.73 bits per heavy atom. The van der Waals surface area contributed by atoms with Crippen molar-refractivity contribution in [1.29, 1.82) is 0 Å². The molecular weight excluding hydrogens is 414 g/mol. The lowest BCUT2D eigenvalue weighted by molar-refractivity contribution is 0.0915. The Balaban J connectivity index is 1.33. The number of hydrogen-bond donors (Lipinski definition) is 1. The first-order valence-electron chi connectivity index (χ1n) is 10.3. The number of rotatable bonds is 8. The van der Waals surface area contributed by atoms with Gasteiger partial charge in [0.25, 0.3) is 5.91 Å². The summed E-state index contributed by atoms with van der Waals surface area (Å²) in [6, 6.07) is 11.8. The first-order valence-corrected chi connectivity index (χ1v) is 12.2. The van der Waals surface area contributed by atoms with Crippen molar-refractivity contribution in [2.75, 3.05) is 19.6 Å². The summed E-state index contributed by atoms with van der Waals surface area (Å²) < 4.78 is 5.73. The Bertz CT molecular complexity index is 903. The average Bonchev–Trinajstić information content (AvgIpc) is 3.48. The van der Waals surface area contributed by atoms with Gasteiger partial charge in [-0.25, -0.2) is 4.98 Å². The standard InChI is InChI=1S/C23H27N3O2S2/c1-17-8-10-26(11-9-17)21(22-3-2-12-30-22)13-24-23(27)18-4-6-20(7-5-18)28-14-19-15-29-16-25-19/h2-7,12,15-17,21H,8-11,13-14H2,1H3,(H,24,27). The third-order valence-corrected chi connectivity index (χ3v) is 7.18. The third-order valence-electron chi connectivity index (χ3n) is 5.57. The topological polar surface area (TPSA) is 54.5 Å². The van der Waals surface area contributed by atoms with Crippen molar-refractivity contribution in [1.82, 2.24) is 15.2 Å². The summed E-state index contributed by atoms with van der Waals surface area (Å²) in [5.74, 6) is 1.47. The summed E-state index contributed by atoms with van der Waals surface area (Å²) in [5.41, 5.74) is 3.35. The molecular formula is C23H27N3O2S2. The maximum absolute atomic E-state index is 12.7. The van der Waals surface area contributed by atoms with Crippen molar-refractivity contribution in [3.8, 4) is 5.75 Å². The van der Waals surface area contributed by atoms with Crippen LogP contribution < -0.4 is 10.1 Å². The monoisotopic (exact) mass is 441 g/mol. The smallest absolute Gasteiger partial charge is 0.251 e. The van der Waals surface area contributed by atoms with E-state index in [0.29, 0.717) is 18.7 Å². The zero-order valence-corrected chi connectivity index (χ0v) is 18.8.